The molecule has 0 amide bonds. The van der Waals surface area contributed by atoms with Gasteiger partial charge in [-0.1, -0.05) is 219 Å². The molecule has 0 N–H and O–H groups in total. The molecular weight excluding hydrogens is 669 g/mol. The maximum atomic E-state index is 12.7. The van der Waals surface area contributed by atoms with Crippen molar-refractivity contribution in [1.29, 1.82) is 0 Å². The second-order valence-corrected chi connectivity index (χ2v) is 16.4. The van der Waals surface area contributed by atoms with Crippen molar-refractivity contribution in [1.82, 2.24) is 0 Å². The number of hydrogen-bond acceptors (Lipinski definition) is 5. The molecule has 0 saturated heterocycles. The lowest BCUT2D eigenvalue weighted by molar-refractivity contribution is -0.163. The molecule has 54 heavy (non-hydrogen) atoms. The lowest BCUT2D eigenvalue weighted by Gasteiger charge is -2.18. The molecule has 0 rings (SSSR count). The first-order chi connectivity index (χ1) is 26.6. The molecule has 0 aromatic carbocycles. The van der Waals surface area contributed by atoms with Gasteiger partial charge in [0.15, 0.2) is 6.10 Å². The van der Waals surface area contributed by atoms with E-state index in [0.717, 1.165) is 44.9 Å². The largest absolute Gasteiger partial charge is 0.462 e. The summed E-state index contributed by atoms with van der Waals surface area (Å²) < 4.78 is 17.3. The topological polar surface area (TPSA) is 61.8 Å². The third-order valence-electron chi connectivity index (χ3n) is 10.8. The van der Waals surface area contributed by atoms with Gasteiger partial charge in [0.1, 0.15) is 6.61 Å². The van der Waals surface area contributed by atoms with Gasteiger partial charge in [-0.25, -0.2) is 0 Å². The number of allylic oxidation sites excluding steroid dienone is 2. The summed E-state index contributed by atoms with van der Waals surface area (Å²) in [5, 5.41) is 0. The second kappa shape index (κ2) is 46.0. The van der Waals surface area contributed by atoms with Crippen molar-refractivity contribution >= 4 is 11.9 Å². The second-order valence-electron chi connectivity index (χ2n) is 16.4. The molecule has 1 unspecified atom stereocenters. The molecule has 0 radical (unpaired) electrons. The normalized spacial score (nSPS) is 12.1. The Morgan fingerprint density at radius 3 is 1.15 bits per heavy atom. The third kappa shape index (κ3) is 43.4. The Morgan fingerprint density at radius 2 is 0.722 bits per heavy atom. The number of hydrogen-bond donors (Lipinski definition) is 0. The highest BCUT2D eigenvalue weighted by molar-refractivity contribution is 5.70. The molecule has 0 bridgehead atoms. The zero-order chi connectivity index (χ0) is 39.3. The molecule has 0 heterocycles. The predicted octanol–water partition coefficient (Wildman–Crippen LogP) is 15.9. The van der Waals surface area contributed by atoms with Crippen LogP contribution in [0.4, 0.5) is 0 Å². The third-order valence-corrected chi connectivity index (χ3v) is 10.8. The molecule has 0 saturated carbocycles. The van der Waals surface area contributed by atoms with Crippen LogP contribution in [-0.2, 0) is 23.8 Å². The van der Waals surface area contributed by atoms with E-state index >= 15 is 0 Å². The fourth-order valence-electron chi connectivity index (χ4n) is 7.15. The van der Waals surface area contributed by atoms with Crippen LogP contribution in [0.15, 0.2) is 12.2 Å². The van der Waals surface area contributed by atoms with E-state index in [0.29, 0.717) is 26.1 Å². The van der Waals surface area contributed by atoms with Gasteiger partial charge in [0.25, 0.3) is 0 Å². The highest BCUT2D eigenvalue weighted by Crippen LogP contribution is 2.15. The fourth-order valence-corrected chi connectivity index (χ4v) is 7.15. The monoisotopic (exact) mass is 763 g/mol. The van der Waals surface area contributed by atoms with Crippen LogP contribution in [0.1, 0.15) is 265 Å². The maximum Gasteiger partial charge on any atom is 0.306 e. The van der Waals surface area contributed by atoms with E-state index in [1.54, 1.807) is 0 Å². The van der Waals surface area contributed by atoms with Crippen molar-refractivity contribution in [2.75, 3.05) is 19.8 Å². The van der Waals surface area contributed by atoms with E-state index in [-0.39, 0.29) is 18.5 Å². The van der Waals surface area contributed by atoms with E-state index in [4.69, 9.17) is 14.2 Å². The van der Waals surface area contributed by atoms with E-state index in [1.165, 1.54) is 186 Å². The Labute approximate surface area is 337 Å². The number of ether oxygens (including phenoxy) is 3. The van der Waals surface area contributed by atoms with Crippen LogP contribution >= 0.6 is 0 Å². The Kier molecular flexibility index (Phi) is 44.9. The Bertz CT molecular complexity index is 780. The number of unbranched alkanes of at least 4 members (excludes halogenated alkanes) is 32. The van der Waals surface area contributed by atoms with Crippen molar-refractivity contribution in [3.05, 3.63) is 12.2 Å². The van der Waals surface area contributed by atoms with Crippen LogP contribution in [0.2, 0.25) is 0 Å². The summed E-state index contributed by atoms with van der Waals surface area (Å²) in [4.78, 5) is 25.3. The number of carbonyl (C=O) groups excluding carboxylic acids is 2. The molecule has 0 aliphatic heterocycles. The SMILES string of the molecule is CCCCCC/C=C\CCCCCCCC(=O)OC(COCCCCCCCCCCCC)COC(=O)CCCCCCCCCCCCCCCCC. The number of rotatable bonds is 45. The molecule has 0 fully saturated rings. The summed E-state index contributed by atoms with van der Waals surface area (Å²) in [6.07, 6.45) is 50.6. The summed E-state index contributed by atoms with van der Waals surface area (Å²) in [6.45, 7) is 7.85. The van der Waals surface area contributed by atoms with Crippen molar-refractivity contribution in [3.8, 4) is 0 Å². The average Bonchev–Trinajstić information content (AvgIpc) is 3.17. The Hall–Kier alpha value is -1.36. The number of esters is 2. The van der Waals surface area contributed by atoms with Gasteiger partial charge in [0, 0.05) is 19.4 Å². The first-order valence-corrected chi connectivity index (χ1v) is 24.2. The molecule has 1 atom stereocenters. The highest BCUT2D eigenvalue weighted by Gasteiger charge is 2.17. The van der Waals surface area contributed by atoms with Gasteiger partial charge in [-0.3, -0.25) is 9.59 Å². The summed E-state index contributed by atoms with van der Waals surface area (Å²) in [5.41, 5.74) is 0. The van der Waals surface area contributed by atoms with Gasteiger partial charge in [0.05, 0.1) is 6.61 Å². The minimum absolute atomic E-state index is 0.0907. The molecule has 0 aromatic heterocycles. The summed E-state index contributed by atoms with van der Waals surface area (Å²) in [6, 6.07) is 0. The minimum atomic E-state index is -0.528. The zero-order valence-electron chi connectivity index (χ0n) is 36.8. The number of carbonyl (C=O) groups is 2. The van der Waals surface area contributed by atoms with E-state index < -0.39 is 6.10 Å². The quantitative estimate of drug-likeness (QED) is 0.0351. The van der Waals surface area contributed by atoms with Crippen LogP contribution in [0, 0.1) is 0 Å². The van der Waals surface area contributed by atoms with Crippen LogP contribution in [0.5, 0.6) is 0 Å². The lowest BCUT2D eigenvalue weighted by Crippen LogP contribution is -2.30. The van der Waals surface area contributed by atoms with Gasteiger partial charge in [-0.2, -0.15) is 0 Å². The molecular formula is C49H94O5. The van der Waals surface area contributed by atoms with Gasteiger partial charge >= 0.3 is 11.9 Å². The van der Waals surface area contributed by atoms with Gasteiger partial charge < -0.3 is 14.2 Å². The van der Waals surface area contributed by atoms with Gasteiger partial charge in [-0.05, 0) is 44.9 Å². The summed E-state index contributed by atoms with van der Waals surface area (Å²) in [5.74, 6) is -0.390. The molecule has 0 aromatic rings. The fraction of sp³-hybridized carbons (Fsp3) is 0.918. The Balaban J connectivity index is 4.19. The predicted molar refractivity (Wildman–Crippen MR) is 233 cm³/mol. The van der Waals surface area contributed by atoms with Crippen molar-refractivity contribution in [3.63, 3.8) is 0 Å². The standard InChI is InChI=1S/C49H94O5/c1-4-7-10-13-16-19-22-24-25-27-28-30-33-36-39-42-48(50)53-46-47(45-52-44-41-38-35-32-21-18-15-12-9-6-3)54-49(51)43-40-37-34-31-29-26-23-20-17-14-11-8-5-2/h20,23,47H,4-19,21-22,24-46H2,1-3H3/b23-20-. The van der Waals surface area contributed by atoms with Crippen LogP contribution in [-0.4, -0.2) is 37.9 Å². The Morgan fingerprint density at radius 1 is 0.389 bits per heavy atom. The lowest BCUT2D eigenvalue weighted by atomic mass is 10.0. The van der Waals surface area contributed by atoms with Crippen LogP contribution in [0.25, 0.3) is 0 Å². The molecule has 5 heteroatoms. The minimum Gasteiger partial charge on any atom is -0.462 e. The molecule has 320 valence electrons. The summed E-state index contributed by atoms with van der Waals surface area (Å²) in [7, 11) is 0. The van der Waals surface area contributed by atoms with Gasteiger partial charge in [-0.15, -0.1) is 0 Å². The van der Waals surface area contributed by atoms with Crippen molar-refractivity contribution in [2.45, 2.75) is 271 Å². The first-order valence-electron chi connectivity index (χ1n) is 24.2. The van der Waals surface area contributed by atoms with Crippen molar-refractivity contribution < 1.29 is 23.8 Å². The first kappa shape index (κ1) is 52.6. The molecule has 0 spiro atoms. The van der Waals surface area contributed by atoms with Crippen LogP contribution < -0.4 is 0 Å². The molecule has 0 aliphatic carbocycles. The summed E-state index contributed by atoms with van der Waals surface area (Å²) >= 11 is 0. The van der Waals surface area contributed by atoms with E-state index in [1.807, 2.05) is 0 Å². The smallest absolute Gasteiger partial charge is 0.306 e. The highest BCUT2D eigenvalue weighted by atomic mass is 16.6. The van der Waals surface area contributed by atoms with Crippen molar-refractivity contribution in [2.24, 2.45) is 0 Å². The molecule has 5 nitrogen and oxygen atoms in total. The van der Waals surface area contributed by atoms with Crippen LogP contribution in [0.3, 0.4) is 0 Å². The van der Waals surface area contributed by atoms with E-state index in [9.17, 15) is 9.59 Å². The van der Waals surface area contributed by atoms with Gasteiger partial charge in [0.2, 0.25) is 0 Å². The maximum absolute atomic E-state index is 12.7. The average molecular weight is 763 g/mol. The van der Waals surface area contributed by atoms with E-state index in [2.05, 4.69) is 32.9 Å². The molecule has 0 aliphatic rings. The zero-order valence-corrected chi connectivity index (χ0v) is 36.8.